The van der Waals surface area contributed by atoms with Crippen LogP contribution in [0.4, 0.5) is 0 Å². The number of carbonyl (C=O) groups is 5. The standard InChI is InChI=1S/C38H56N4O6/c1-26(43)33(44)23-13-5-12-21-30-34(45)41-38(28-17-8-3-9-18-28,29-19-10-4-11-20-29)37(48)40-31(25-27-15-6-2-7-16-27)36(47)42-24-14-22-32(42)35(46)39-30/h2,6-7,15-16,26,28-32,43H,3-5,8-14,17-25H2,1H3,(H,39,46)(H,40,48)(H,41,45)/t26-,30-,31-,32+/m0/s1. The minimum Gasteiger partial charge on any atom is -0.386 e. The van der Waals surface area contributed by atoms with Gasteiger partial charge in [0.15, 0.2) is 5.78 Å². The third-order valence-electron chi connectivity index (χ3n) is 11.4. The van der Waals surface area contributed by atoms with E-state index in [1.54, 1.807) is 4.90 Å². The number of rotatable bonds is 11. The number of hydrogen-bond acceptors (Lipinski definition) is 6. The quantitative estimate of drug-likeness (QED) is 0.262. The predicted octanol–water partition coefficient (Wildman–Crippen LogP) is 4.12. The Bertz CT molecular complexity index is 1250. The van der Waals surface area contributed by atoms with E-state index >= 15 is 4.79 Å². The molecule has 4 amide bonds. The van der Waals surface area contributed by atoms with Crippen molar-refractivity contribution in [3.63, 3.8) is 0 Å². The van der Waals surface area contributed by atoms with Crippen LogP contribution >= 0.6 is 0 Å². The Labute approximate surface area is 285 Å². The molecule has 0 radical (unpaired) electrons. The van der Waals surface area contributed by atoms with Gasteiger partial charge in [-0.25, -0.2) is 0 Å². The van der Waals surface area contributed by atoms with E-state index < -0.39 is 29.8 Å². The van der Waals surface area contributed by atoms with Crippen molar-refractivity contribution in [1.29, 1.82) is 0 Å². The lowest BCUT2D eigenvalue weighted by molar-refractivity contribution is -0.148. The largest absolute Gasteiger partial charge is 0.386 e. The predicted molar refractivity (Wildman–Crippen MR) is 183 cm³/mol. The first-order chi connectivity index (χ1) is 23.2. The summed E-state index contributed by atoms with van der Waals surface area (Å²) in [6.45, 7) is 1.89. The molecule has 0 bridgehead atoms. The Kier molecular flexibility index (Phi) is 12.7. The van der Waals surface area contributed by atoms with Gasteiger partial charge in [0.25, 0.3) is 0 Å². The Morgan fingerprint density at radius 2 is 1.46 bits per heavy atom. The van der Waals surface area contributed by atoms with Crippen LogP contribution in [0.1, 0.15) is 122 Å². The molecule has 2 saturated carbocycles. The van der Waals surface area contributed by atoms with Crippen molar-refractivity contribution in [3.05, 3.63) is 35.9 Å². The topological polar surface area (TPSA) is 145 Å². The molecule has 0 unspecified atom stereocenters. The second-order valence-corrected chi connectivity index (χ2v) is 14.7. The first-order valence-electron chi connectivity index (χ1n) is 18.7. The Balaban J connectivity index is 1.50. The number of ketones is 1. The maximum Gasteiger partial charge on any atom is 0.246 e. The Morgan fingerprint density at radius 1 is 0.812 bits per heavy atom. The van der Waals surface area contributed by atoms with Crippen molar-refractivity contribution < 1.29 is 29.1 Å². The summed E-state index contributed by atoms with van der Waals surface area (Å²) in [6, 6.07) is 7.21. The number of nitrogens with zero attached hydrogens (tertiary/aromatic N) is 1. The highest BCUT2D eigenvalue weighted by atomic mass is 16.3. The number of nitrogens with one attached hydrogen (secondary N) is 3. The fourth-order valence-electron chi connectivity index (χ4n) is 8.77. The summed E-state index contributed by atoms with van der Waals surface area (Å²) in [4.78, 5) is 71.5. The second-order valence-electron chi connectivity index (χ2n) is 14.7. The molecule has 4 atom stereocenters. The molecule has 10 heteroatoms. The summed E-state index contributed by atoms with van der Waals surface area (Å²) < 4.78 is 0. The number of aliphatic hydroxyl groups excluding tert-OH is 1. The van der Waals surface area contributed by atoms with Crippen LogP contribution in [0, 0.1) is 11.8 Å². The highest BCUT2D eigenvalue weighted by Crippen LogP contribution is 2.44. The number of Topliss-reactive ketones (excluding diaryl/α,β-unsaturated/α-hetero) is 1. The monoisotopic (exact) mass is 664 g/mol. The summed E-state index contributed by atoms with van der Waals surface area (Å²) >= 11 is 0. The number of amides is 4. The fraction of sp³-hybridized carbons (Fsp3) is 0.711. The normalized spacial score (nSPS) is 26.8. The second kappa shape index (κ2) is 16.9. The molecule has 1 aromatic carbocycles. The van der Waals surface area contributed by atoms with Crippen molar-refractivity contribution in [2.75, 3.05) is 6.54 Å². The number of benzene rings is 1. The molecule has 0 spiro atoms. The molecule has 1 aromatic rings. The average molecular weight is 665 g/mol. The molecule has 0 aromatic heterocycles. The molecule has 5 rings (SSSR count). The number of aliphatic hydroxyl groups is 1. The lowest BCUT2D eigenvalue weighted by Gasteiger charge is -2.49. The summed E-state index contributed by atoms with van der Waals surface area (Å²) in [5.74, 6) is -1.55. The molecular weight excluding hydrogens is 608 g/mol. The van der Waals surface area contributed by atoms with E-state index in [0.29, 0.717) is 51.5 Å². The van der Waals surface area contributed by atoms with Gasteiger partial charge in [0.1, 0.15) is 29.8 Å². The first kappa shape index (κ1) is 36.0. The van der Waals surface area contributed by atoms with E-state index in [0.717, 1.165) is 69.8 Å². The van der Waals surface area contributed by atoms with E-state index in [4.69, 9.17) is 0 Å². The lowest BCUT2D eigenvalue weighted by Crippen LogP contribution is -2.71. The van der Waals surface area contributed by atoms with Crippen LogP contribution < -0.4 is 16.0 Å². The van der Waals surface area contributed by atoms with E-state index in [9.17, 15) is 24.3 Å². The molecule has 10 nitrogen and oxygen atoms in total. The minimum atomic E-state index is -1.19. The van der Waals surface area contributed by atoms with Gasteiger partial charge in [0, 0.05) is 19.4 Å². The zero-order valence-electron chi connectivity index (χ0n) is 28.7. The smallest absolute Gasteiger partial charge is 0.246 e. The SMILES string of the molecule is C[C@H](O)C(=O)CCCCC[C@@H]1NC(=O)[C@H]2CCCN2C(=O)[C@H](Cc2ccccc2)NC(=O)C(C2CCCCC2)(C2CCCCC2)NC1=O. The number of unbranched alkanes of at least 4 members (excludes halogenated alkanes) is 2. The summed E-state index contributed by atoms with van der Waals surface area (Å²) in [7, 11) is 0. The highest BCUT2D eigenvalue weighted by Gasteiger charge is 2.54. The van der Waals surface area contributed by atoms with Crippen LogP contribution in [-0.4, -0.2) is 75.7 Å². The van der Waals surface area contributed by atoms with Crippen molar-refractivity contribution in [2.45, 2.75) is 152 Å². The van der Waals surface area contributed by atoms with E-state index in [2.05, 4.69) is 16.0 Å². The maximum absolute atomic E-state index is 15.1. The molecule has 2 saturated heterocycles. The molecule has 4 fully saturated rings. The molecular formula is C38H56N4O6. The number of fused-ring (bicyclic) bond motifs is 1. The van der Waals surface area contributed by atoms with Crippen molar-refractivity contribution >= 4 is 29.4 Å². The number of hydrogen-bond donors (Lipinski definition) is 4. The van der Waals surface area contributed by atoms with Gasteiger partial charge in [-0.3, -0.25) is 24.0 Å². The highest BCUT2D eigenvalue weighted by molar-refractivity contribution is 6.00. The van der Waals surface area contributed by atoms with Gasteiger partial charge < -0.3 is 26.0 Å². The summed E-state index contributed by atoms with van der Waals surface area (Å²) in [5.41, 5.74) is -0.271. The fourth-order valence-corrected chi connectivity index (χ4v) is 8.77. The Morgan fingerprint density at radius 3 is 2.08 bits per heavy atom. The van der Waals surface area contributed by atoms with Crippen LogP contribution in [0.25, 0.3) is 0 Å². The third kappa shape index (κ3) is 8.47. The van der Waals surface area contributed by atoms with Crippen LogP contribution in [-0.2, 0) is 30.4 Å². The molecule has 2 heterocycles. The van der Waals surface area contributed by atoms with Gasteiger partial charge in [-0.15, -0.1) is 0 Å². The molecule has 4 N–H and O–H groups in total. The van der Waals surface area contributed by atoms with Crippen molar-refractivity contribution in [3.8, 4) is 0 Å². The van der Waals surface area contributed by atoms with Crippen molar-refractivity contribution in [2.24, 2.45) is 11.8 Å². The van der Waals surface area contributed by atoms with E-state index in [-0.39, 0.29) is 47.7 Å². The van der Waals surface area contributed by atoms with Gasteiger partial charge in [0.2, 0.25) is 23.6 Å². The molecule has 2 aliphatic carbocycles. The molecule has 48 heavy (non-hydrogen) atoms. The van der Waals surface area contributed by atoms with Crippen LogP contribution in [0.3, 0.4) is 0 Å². The van der Waals surface area contributed by atoms with Gasteiger partial charge in [-0.05, 0) is 75.7 Å². The lowest BCUT2D eigenvalue weighted by atomic mass is 9.63. The van der Waals surface area contributed by atoms with Gasteiger partial charge in [-0.2, -0.15) is 0 Å². The summed E-state index contributed by atoms with van der Waals surface area (Å²) in [5, 5.41) is 19.2. The van der Waals surface area contributed by atoms with Gasteiger partial charge in [-0.1, -0.05) is 81.7 Å². The van der Waals surface area contributed by atoms with Crippen molar-refractivity contribution in [1.82, 2.24) is 20.9 Å². The van der Waals surface area contributed by atoms with Crippen LogP contribution in [0.5, 0.6) is 0 Å². The van der Waals surface area contributed by atoms with Crippen LogP contribution in [0.15, 0.2) is 30.3 Å². The minimum absolute atomic E-state index is 0.0731. The molecule has 2 aliphatic heterocycles. The van der Waals surface area contributed by atoms with Gasteiger partial charge in [0.05, 0.1) is 0 Å². The average Bonchev–Trinajstić information content (AvgIpc) is 3.60. The maximum atomic E-state index is 15.1. The Hall–Kier alpha value is -3.27. The zero-order chi connectivity index (χ0) is 34.1. The first-order valence-corrected chi connectivity index (χ1v) is 18.7. The van der Waals surface area contributed by atoms with Gasteiger partial charge >= 0.3 is 0 Å². The molecule has 264 valence electrons. The molecule has 4 aliphatic rings. The van der Waals surface area contributed by atoms with E-state index in [1.807, 2.05) is 30.3 Å². The van der Waals surface area contributed by atoms with E-state index in [1.165, 1.54) is 6.92 Å². The van der Waals surface area contributed by atoms with Crippen LogP contribution in [0.2, 0.25) is 0 Å². The summed E-state index contributed by atoms with van der Waals surface area (Å²) in [6.07, 6.45) is 12.3. The zero-order valence-corrected chi connectivity index (χ0v) is 28.7. The number of carbonyl (C=O) groups excluding carboxylic acids is 5. The third-order valence-corrected chi connectivity index (χ3v) is 11.4.